The van der Waals surface area contributed by atoms with Gasteiger partial charge in [0.15, 0.2) is 0 Å². The van der Waals surface area contributed by atoms with Crippen molar-refractivity contribution in [3.05, 3.63) is 48.0 Å². The fraction of sp³-hybridized carbons (Fsp3) is 0.333. The monoisotopic (exact) mass is 246 g/mol. The summed E-state index contributed by atoms with van der Waals surface area (Å²) in [6, 6.07) is 7.25. The standard InChI is InChI=1S/C15H18O3/c1-5-14(17)18-15(3,4)11(2)13-8-6-12(10-16)7-9-13/h5-11H,1H2,2-4H3. The summed E-state index contributed by atoms with van der Waals surface area (Å²) in [5.74, 6) is -0.418. The van der Waals surface area contributed by atoms with Crippen molar-refractivity contribution in [1.29, 1.82) is 0 Å². The molecule has 0 fully saturated rings. The van der Waals surface area contributed by atoms with Crippen molar-refractivity contribution < 1.29 is 14.3 Å². The van der Waals surface area contributed by atoms with Crippen LogP contribution in [0, 0.1) is 0 Å². The smallest absolute Gasteiger partial charge is 0.330 e. The lowest BCUT2D eigenvalue weighted by molar-refractivity contribution is -0.151. The van der Waals surface area contributed by atoms with Crippen LogP contribution in [0.15, 0.2) is 36.9 Å². The van der Waals surface area contributed by atoms with E-state index in [4.69, 9.17) is 4.74 Å². The van der Waals surface area contributed by atoms with Gasteiger partial charge >= 0.3 is 5.97 Å². The van der Waals surface area contributed by atoms with Gasteiger partial charge in [0.05, 0.1) is 0 Å². The van der Waals surface area contributed by atoms with Crippen LogP contribution in [0.1, 0.15) is 42.6 Å². The normalized spacial score (nSPS) is 12.6. The Morgan fingerprint density at radius 3 is 2.33 bits per heavy atom. The maximum atomic E-state index is 11.3. The maximum Gasteiger partial charge on any atom is 0.330 e. The summed E-state index contributed by atoms with van der Waals surface area (Å²) in [5.41, 5.74) is 1.02. The number of esters is 1. The van der Waals surface area contributed by atoms with E-state index in [1.54, 1.807) is 12.1 Å². The molecular weight excluding hydrogens is 228 g/mol. The molecule has 0 radical (unpaired) electrons. The summed E-state index contributed by atoms with van der Waals surface area (Å²) < 4.78 is 5.33. The van der Waals surface area contributed by atoms with Crippen molar-refractivity contribution in [2.75, 3.05) is 0 Å². The third kappa shape index (κ3) is 3.29. The van der Waals surface area contributed by atoms with Crippen molar-refractivity contribution in [2.45, 2.75) is 32.3 Å². The zero-order valence-electron chi connectivity index (χ0n) is 11.0. The molecule has 3 nitrogen and oxygen atoms in total. The average Bonchev–Trinajstić information content (AvgIpc) is 2.37. The predicted molar refractivity (Wildman–Crippen MR) is 70.6 cm³/mol. The molecule has 1 aromatic carbocycles. The van der Waals surface area contributed by atoms with E-state index in [-0.39, 0.29) is 5.92 Å². The number of carbonyl (C=O) groups excluding carboxylic acids is 2. The molecule has 1 atom stereocenters. The van der Waals surface area contributed by atoms with Crippen LogP contribution in [0.5, 0.6) is 0 Å². The van der Waals surface area contributed by atoms with Gasteiger partial charge in [-0.15, -0.1) is 0 Å². The second kappa shape index (κ2) is 5.63. The lowest BCUT2D eigenvalue weighted by Crippen LogP contribution is -2.33. The lowest BCUT2D eigenvalue weighted by Gasteiger charge is -2.31. The minimum Gasteiger partial charge on any atom is -0.456 e. The summed E-state index contributed by atoms with van der Waals surface area (Å²) in [6.07, 6.45) is 1.96. The Kier molecular flexibility index (Phi) is 4.43. The molecule has 0 amide bonds. The third-order valence-electron chi connectivity index (χ3n) is 3.15. The van der Waals surface area contributed by atoms with Gasteiger partial charge in [0.2, 0.25) is 0 Å². The molecule has 3 heteroatoms. The molecule has 96 valence electrons. The molecule has 0 saturated carbocycles. The summed E-state index contributed by atoms with van der Waals surface area (Å²) in [6.45, 7) is 9.07. The minimum atomic E-state index is -0.631. The summed E-state index contributed by atoms with van der Waals surface area (Å²) in [7, 11) is 0. The predicted octanol–water partition coefficient (Wildman–Crippen LogP) is 3.11. The van der Waals surface area contributed by atoms with Gasteiger partial charge < -0.3 is 4.74 Å². The second-order valence-electron chi connectivity index (χ2n) is 4.73. The van der Waals surface area contributed by atoms with Gasteiger partial charge in [0.1, 0.15) is 11.9 Å². The first-order chi connectivity index (χ1) is 8.40. The first-order valence-electron chi connectivity index (χ1n) is 5.81. The summed E-state index contributed by atoms with van der Waals surface area (Å²) >= 11 is 0. The number of benzene rings is 1. The number of rotatable bonds is 5. The fourth-order valence-corrected chi connectivity index (χ4v) is 1.65. The Bertz CT molecular complexity index is 443. The van der Waals surface area contributed by atoms with E-state index in [1.165, 1.54) is 0 Å². The first-order valence-corrected chi connectivity index (χ1v) is 5.81. The van der Waals surface area contributed by atoms with E-state index in [0.717, 1.165) is 17.9 Å². The highest BCUT2D eigenvalue weighted by Crippen LogP contribution is 2.31. The Morgan fingerprint density at radius 2 is 1.89 bits per heavy atom. The van der Waals surface area contributed by atoms with E-state index >= 15 is 0 Å². The molecule has 0 aliphatic carbocycles. The van der Waals surface area contributed by atoms with Gasteiger partial charge in [0, 0.05) is 17.6 Å². The average molecular weight is 246 g/mol. The molecule has 0 heterocycles. The van der Waals surface area contributed by atoms with Gasteiger partial charge in [-0.3, -0.25) is 4.79 Å². The van der Waals surface area contributed by atoms with E-state index in [1.807, 2.05) is 32.9 Å². The number of hydrogen-bond donors (Lipinski definition) is 0. The lowest BCUT2D eigenvalue weighted by atomic mass is 9.86. The van der Waals surface area contributed by atoms with E-state index in [0.29, 0.717) is 5.56 Å². The molecule has 0 bridgehead atoms. The van der Waals surface area contributed by atoms with Crippen LogP contribution in [-0.2, 0) is 9.53 Å². The first kappa shape index (κ1) is 14.2. The van der Waals surface area contributed by atoms with Crippen LogP contribution >= 0.6 is 0 Å². The van der Waals surface area contributed by atoms with Gasteiger partial charge in [-0.05, 0) is 19.4 Å². The Labute approximate surface area is 107 Å². The molecule has 18 heavy (non-hydrogen) atoms. The highest BCUT2D eigenvalue weighted by Gasteiger charge is 2.30. The molecule has 0 spiro atoms. The van der Waals surface area contributed by atoms with Crippen molar-refractivity contribution in [1.82, 2.24) is 0 Å². The number of hydrogen-bond acceptors (Lipinski definition) is 3. The molecule has 1 unspecified atom stereocenters. The van der Waals surface area contributed by atoms with Crippen molar-refractivity contribution in [3.63, 3.8) is 0 Å². The van der Waals surface area contributed by atoms with Crippen LogP contribution in [-0.4, -0.2) is 17.9 Å². The molecule has 0 aromatic heterocycles. The second-order valence-corrected chi connectivity index (χ2v) is 4.73. The maximum absolute atomic E-state index is 11.3. The minimum absolute atomic E-state index is 0.0158. The fourth-order valence-electron chi connectivity index (χ4n) is 1.65. The SMILES string of the molecule is C=CC(=O)OC(C)(C)C(C)c1ccc(C=O)cc1. The zero-order chi connectivity index (χ0) is 13.8. The third-order valence-corrected chi connectivity index (χ3v) is 3.15. The molecule has 0 N–H and O–H groups in total. The highest BCUT2D eigenvalue weighted by atomic mass is 16.6. The molecule has 1 aromatic rings. The number of carbonyl (C=O) groups is 2. The van der Waals surface area contributed by atoms with Crippen LogP contribution < -0.4 is 0 Å². The van der Waals surface area contributed by atoms with Crippen LogP contribution in [0.3, 0.4) is 0 Å². The molecule has 1 rings (SSSR count). The Morgan fingerprint density at radius 1 is 1.33 bits per heavy atom. The zero-order valence-corrected chi connectivity index (χ0v) is 11.0. The van der Waals surface area contributed by atoms with E-state index in [9.17, 15) is 9.59 Å². The van der Waals surface area contributed by atoms with Gasteiger partial charge in [-0.25, -0.2) is 4.79 Å². The summed E-state index contributed by atoms with van der Waals surface area (Å²) in [5, 5.41) is 0. The Hall–Kier alpha value is -1.90. The summed E-state index contributed by atoms with van der Waals surface area (Å²) in [4.78, 5) is 21.9. The largest absolute Gasteiger partial charge is 0.456 e. The topological polar surface area (TPSA) is 43.4 Å². The van der Waals surface area contributed by atoms with E-state index in [2.05, 4.69) is 6.58 Å². The van der Waals surface area contributed by atoms with E-state index < -0.39 is 11.6 Å². The van der Waals surface area contributed by atoms with Gasteiger partial charge in [-0.1, -0.05) is 37.8 Å². The van der Waals surface area contributed by atoms with Crippen LogP contribution in [0.25, 0.3) is 0 Å². The molecule has 0 aliphatic rings. The molecular formula is C15H18O3. The number of aldehydes is 1. The van der Waals surface area contributed by atoms with Crippen LogP contribution in [0.4, 0.5) is 0 Å². The van der Waals surface area contributed by atoms with Crippen LogP contribution in [0.2, 0.25) is 0 Å². The quantitative estimate of drug-likeness (QED) is 0.455. The van der Waals surface area contributed by atoms with Crippen molar-refractivity contribution in [3.8, 4) is 0 Å². The molecule has 0 aliphatic heterocycles. The van der Waals surface area contributed by atoms with Gasteiger partial charge in [-0.2, -0.15) is 0 Å². The molecule has 0 saturated heterocycles. The number of ether oxygens (including phenoxy) is 1. The van der Waals surface area contributed by atoms with Crippen molar-refractivity contribution >= 4 is 12.3 Å². The highest BCUT2D eigenvalue weighted by molar-refractivity contribution is 5.81. The Balaban J connectivity index is 2.89. The van der Waals surface area contributed by atoms with Gasteiger partial charge in [0.25, 0.3) is 0 Å². The van der Waals surface area contributed by atoms with Crippen molar-refractivity contribution in [2.24, 2.45) is 0 Å².